The van der Waals surface area contributed by atoms with E-state index >= 15 is 0 Å². The number of hydrogen-bond acceptors (Lipinski definition) is 5. The molecule has 0 fully saturated rings. The summed E-state index contributed by atoms with van der Waals surface area (Å²) < 4.78 is 18.3. The number of ether oxygens (including phenoxy) is 3. The van der Waals surface area contributed by atoms with Crippen molar-refractivity contribution in [1.82, 2.24) is 0 Å². The number of nitrogens with zero attached hydrogens (tertiary/aromatic N) is 1. The Bertz CT molecular complexity index is 1260. The summed E-state index contributed by atoms with van der Waals surface area (Å²) in [7, 11) is 0. The molecule has 1 heterocycles. The number of hydrogen-bond donors (Lipinski definition) is 0. The monoisotopic (exact) mass is 553 g/mol. The Morgan fingerprint density at radius 1 is 1.00 bits per heavy atom. The Hall–Kier alpha value is -3.13. The number of aryl methyl sites for hydroxylation is 2. The minimum absolute atomic E-state index is 0.247. The molecule has 0 spiro atoms. The van der Waals surface area contributed by atoms with Gasteiger partial charge in [0, 0.05) is 9.13 Å². The standard InChI is InChI=1S/C27H24INO4/c1-4-31-25-15-19(8-11-24(25)32-16-20-7-5-6-17(2)12-20)14-23-27(30)33-26(29-23)21-9-10-22(28)18(3)13-21/h5-15H,4,16H2,1-3H3/b23-14-. The van der Waals surface area contributed by atoms with Gasteiger partial charge in [-0.05, 0) is 96.5 Å². The Kier molecular flexibility index (Phi) is 7.13. The summed E-state index contributed by atoms with van der Waals surface area (Å²) in [6.07, 6.45) is 1.70. The van der Waals surface area contributed by atoms with Gasteiger partial charge in [-0.15, -0.1) is 0 Å². The number of carbonyl (C=O) groups excluding carboxylic acids is 1. The Morgan fingerprint density at radius 3 is 2.61 bits per heavy atom. The van der Waals surface area contributed by atoms with E-state index in [-0.39, 0.29) is 5.70 Å². The molecular formula is C27H24INO4. The first-order valence-electron chi connectivity index (χ1n) is 10.7. The number of carbonyl (C=O) groups is 1. The molecule has 0 aliphatic carbocycles. The second-order valence-electron chi connectivity index (χ2n) is 7.72. The van der Waals surface area contributed by atoms with Gasteiger partial charge in [0.05, 0.1) is 6.61 Å². The zero-order valence-electron chi connectivity index (χ0n) is 18.7. The van der Waals surface area contributed by atoms with Crippen molar-refractivity contribution in [2.75, 3.05) is 6.61 Å². The molecule has 0 amide bonds. The molecule has 0 saturated carbocycles. The van der Waals surface area contributed by atoms with Crippen molar-refractivity contribution in [3.8, 4) is 11.5 Å². The van der Waals surface area contributed by atoms with Crippen LogP contribution in [-0.2, 0) is 16.1 Å². The van der Waals surface area contributed by atoms with E-state index < -0.39 is 5.97 Å². The van der Waals surface area contributed by atoms with Gasteiger partial charge in [0.15, 0.2) is 17.2 Å². The van der Waals surface area contributed by atoms with Gasteiger partial charge in [-0.3, -0.25) is 0 Å². The highest BCUT2D eigenvalue weighted by molar-refractivity contribution is 14.1. The molecule has 5 nitrogen and oxygen atoms in total. The van der Waals surface area contributed by atoms with Crippen molar-refractivity contribution < 1.29 is 19.0 Å². The molecule has 168 valence electrons. The lowest BCUT2D eigenvalue weighted by atomic mass is 10.1. The third-order valence-corrected chi connectivity index (χ3v) is 6.28. The molecule has 0 unspecified atom stereocenters. The SMILES string of the molecule is CCOc1cc(/C=C2\N=C(c3ccc(I)c(C)c3)OC2=O)ccc1OCc1cccc(C)c1. The van der Waals surface area contributed by atoms with Crippen LogP contribution in [0.15, 0.2) is 71.4 Å². The van der Waals surface area contributed by atoms with Crippen LogP contribution in [0.4, 0.5) is 0 Å². The molecule has 1 aliphatic rings. The summed E-state index contributed by atoms with van der Waals surface area (Å²) in [5.74, 6) is 1.10. The summed E-state index contributed by atoms with van der Waals surface area (Å²) in [6.45, 7) is 6.93. The number of halogens is 1. The van der Waals surface area contributed by atoms with Crippen molar-refractivity contribution in [2.24, 2.45) is 4.99 Å². The summed E-state index contributed by atoms with van der Waals surface area (Å²) in [4.78, 5) is 16.8. The van der Waals surface area contributed by atoms with Crippen LogP contribution in [-0.4, -0.2) is 18.5 Å². The maximum absolute atomic E-state index is 12.4. The number of rotatable bonds is 7. The molecule has 4 rings (SSSR count). The smallest absolute Gasteiger partial charge is 0.363 e. The molecule has 0 radical (unpaired) electrons. The van der Waals surface area contributed by atoms with Gasteiger partial charge in [-0.2, -0.15) is 0 Å². The first-order chi connectivity index (χ1) is 15.9. The number of esters is 1. The summed E-state index contributed by atoms with van der Waals surface area (Å²) in [5, 5.41) is 0. The molecular weight excluding hydrogens is 529 g/mol. The van der Waals surface area contributed by atoms with Gasteiger partial charge in [0.1, 0.15) is 6.61 Å². The van der Waals surface area contributed by atoms with E-state index in [9.17, 15) is 4.79 Å². The minimum Gasteiger partial charge on any atom is -0.490 e. The predicted molar refractivity (Wildman–Crippen MR) is 138 cm³/mol. The predicted octanol–water partition coefficient (Wildman–Crippen LogP) is 6.23. The van der Waals surface area contributed by atoms with Crippen LogP contribution < -0.4 is 9.47 Å². The van der Waals surface area contributed by atoms with Crippen LogP contribution in [0.25, 0.3) is 6.08 Å². The van der Waals surface area contributed by atoms with E-state index in [1.54, 1.807) is 6.08 Å². The van der Waals surface area contributed by atoms with Crippen LogP contribution in [0.5, 0.6) is 11.5 Å². The van der Waals surface area contributed by atoms with Crippen LogP contribution >= 0.6 is 22.6 Å². The minimum atomic E-state index is -0.473. The van der Waals surface area contributed by atoms with Crippen LogP contribution in [0.3, 0.4) is 0 Å². The van der Waals surface area contributed by atoms with Crippen molar-refractivity contribution >= 4 is 40.5 Å². The fraction of sp³-hybridized carbons (Fsp3) is 0.185. The lowest BCUT2D eigenvalue weighted by Gasteiger charge is -2.13. The normalized spacial score (nSPS) is 14.2. The average molecular weight is 553 g/mol. The van der Waals surface area contributed by atoms with E-state index in [2.05, 4.69) is 46.6 Å². The first-order valence-corrected chi connectivity index (χ1v) is 11.7. The van der Waals surface area contributed by atoms with E-state index in [1.807, 2.05) is 62.4 Å². The Balaban J connectivity index is 1.56. The molecule has 0 aromatic heterocycles. The first kappa shape index (κ1) is 23.0. The Morgan fingerprint density at radius 2 is 1.85 bits per heavy atom. The molecule has 0 atom stereocenters. The molecule has 3 aromatic rings. The average Bonchev–Trinajstić information content (AvgIpc) is 3.15. The van der Waals surface area contributed by atoms with Gasteiger partial charge in [-0.1, -0.05) is 35.9 Å². The van der Waals surface area contributed by atoms with Crippen molar-refractivity contribution in [1.29, 1.82) is 0 Å². The molecule has 1 aliphatic heterocycles. The lowest BCUT2D eigenvalue weighted by molar-refractivity contribution is -0.129. The quantitative estimate of drug-likeness (QED) is 0.198. The zero-order chi connectivity index (χ0) is 23.4. The molecule has 0 bridgehead atoms. The van der Waals surface area contributed by atoms with E-state index in [0.29, 0.717) is 30.6 Å². The zero-order valence-corrected chi connectivity index (χ0v) is 20.9. The van der Waals surface area contributed by atoms with Crippen molar-refractivity contribution in [3.63, 3.8) is 0 Å². The van der Waals surface area contributed by atoms with Gasteiger partial charge in [-0.25, -0.2) is 9.79 Å². The van der Waals surface area contributed by atoms with Gasteiger partial charge < -0.3 is 14.2 Å². The number of benzene rings is 3. The van der Waals surface area contributed by atoms with Gasteiger partial charge >= 0.3 is 5.97 Å². The lowest BCUT2D eigenvalue weighted by Crippen LogP contribution is -2.05. The van der Waals surface area contributed by atoms with Crippen molar-refractivity contribution in [2.45, 2.75) is 27.4 Å². The second-order valence-corrected chi connectivity index (χ2v) is 8.88. The summed E-state index contributed by atoms with van der Waals surface area (Å²) in [6, 6.07) is 19.6. The third-order valence-electron chi connectivity index (χ3n) is 5.07. The highest BCUT2D eigenvalue weighted by atomic mass is 127. The van der Waals surface area contributed by atoms with Crippen LogP contribution in [0, 0.1) is 17.4 Å². The molecule has 33 heavy (non-hydrogen) atoms. The maximum Gasteiger partial charge on any atom is 0.363 e. The van der Waals surface area contributed by atoms with E-state index in [4.69, 9.17) is 14.2 Å². The van der Waals surface area contributed by atoms with Crippen LogP contribution in [0.2, 0.25) is 0 Å². The van der Waals surface area contributed by atoms with Crippen molar-refractivity contribution in [3.05, 3.63) is 97.7 Å². The third kappa shape index (κ3) is 5.63. The van der Waals surface area contributed by atoms with Crippen LogP contribution in [0.1, 0.15) is 34.7 Å². The fourth-order valence-electron chi connectivity index (χ4n) is 3.43. The highest BCUT2D eigenvalue weighted by Gasteiger charge is 2.24. The van der Waals surface area contributed by atoms with Gasteiger partial charge in [0.25, 0.3) is 0 Å². The summed E-state index contributed by atoms with van der Waals surface area (Å²) >= 11 is 2.27. The number of aliphatic imine (C=N–C) groups is 1. The van der Waals surface area contributed by atoms with Gasteiger partial charge in [0.2, 0.25) is 5.90 Å². The fourth-order valence-corrected chi connectivity index (χ4v) is 3.77. The molecule has 3 aromatic carbocycles. The highest BCUT2D eigenvalue weighted by Crippen LogP contribution is 2.31. The molecule has 0 saturated heterocycles. The molecule has 6 heteroatoms. The molecule has 0 N–H and O–H groups in total. The largest absolute Gasteiger partial charge is 0.490 e. The maximum atomic E-state index is 12.4. The van der Waals surface area contributed by atoms with E-state index in [0.717, 1.165) is 25.8 Å². The van der Waals surface area contributed by atoms with E-state index in [1.165, 1.54) is 5.56 Å². The topological polar surface area (TPSA) is 57.1 Å². The summed E-state index contributed by atoms with van der Waals surface area (Å²) in [5.41, 5.74) is 5.18. The number of cyclic esters (lactones) is 1. The Labute approximate surface area is 207 Å². The second kappa shape index (κ2) is 10.2.